The van der Waals surface area contributed by atoms with Gasteiger partial charge in [0, 0.05) is 11.6 Å². The molecule has 2 aromatic rings. The van der Waals surface area contributed by atoms with Crippen LogP contribution in [0.3, 0.4) is 0 Å². The molecule has 0 fully saturated rings. The van der Waals surface area contributed by atoms with Crippen molar-refractivity contribution in [1.29, 1.82) is 0 Å². The highest BCUT2D eigenvalue weighted by Crippen LogP contribution is 2.19. The summed E-state index contributed by atoms with van der Waals surface area (Å²) in [5.74, 6) is -1.77. The fraction of sp³-hybridized carbons (Fsp3) is 0.188. The molecule has 0 bridgehead atoms. The van der Waals surface area contributed by atoms with Crippen molar-refractivity contribution in [2.24, 2.45) is 5.73 Å². The summed E-state index contributed by atoms with van der Waals surface area (Å²) in [6.45, 7) is 1.62. The number of nitrogens with one attached hydrogen (secondary N) is 1. The number of rotatable bonds is 4. The van der Waals surface area contributed by atoms with E-state index in [2.05, 4.69) is 5.32 Å². The molecule has 0 radical (unpaired) electrons. The highest BCUT2D eigenvalue weighted by atomic mass is 19.1. The molecule has 0 aromatic heterocycles. The zero-order valence-electron chi connectivity index (χ0n) is 11.5. The largest absolute Gasteiger partial charge is 0.348 e. The molecule has 2 unspecified atom stereocenters. The summed E-state index contributed by atoms with van der Waals surface area (Å²) in [6.07, 6.45) is 0. The fourth-order valence-corrected chi connectivity index (χ4v) is 2.05. The Kier molecular flexibility index (Phi) is 4.65. The lowest BCUT2D eigenvalue weighted by molar-refractivity contribution is -0.123. The Bertz CT molecular complexity index is 631. The summed E-state index contributed by atoms with van der Waals surface area (Å²) >= 11 is 0. The van der Waals surface area contributed by atoms with Crippen molar-refractivity contribution in [3.05, 3.63) is 71.3 Å². The van der Waals surface area contributed by atoms with Crippen LogP contribution in [-0.2, 0) is 4.79 Å². The number of nitrogens with two attached hydrogens (primary N) is 1. The zero-order chi connectivity index (χ0) is 15.4. The van der Waals surface area contributed by atoms with Gasteiger partial charge < -0.3 is 11.1 Å². The van der Waals surface area contributed by atoms with Gasteiger partial charge in [0.1, 0.15) is 17.7 Å². The average Bonchev–Trinajstić information content (AvgIpc) is 2.47. The van der Waals surface area contributed by atoms with E-state index in [1.54, 1.807) is 31.2 Å². The van der Waals surface area contributed by atoms with E-state index < -0.39 is 29.6 Å². The molecule has 2 aromatic carbocycles. The van der Waals surface area contributed by atoms with E-state index in [1.165, 1.54) is 6.07 Å². The lowest BCUT2D eigenvalue weighted by Gasteiger charge is -2.18. The highest BCUT2D eigenvalue weighted by molar-refractivity contribution is 5.83. The molecule has 3 nitrogen and oxygen atoms in total. The van der Waals surface area contributed by atoms with Crippen LogP contribution in [0.2, 0.25) is 0 Å². The Balaban J connectivity index is 2.08. The Hall–Kier alpha value is -2.27. The predicted octanol–water partition coefficient (Wildman–Crippen LogP) is 2.84. The molecule has 0 spiro atoms. The molecule has 1 amide bonds. The van der Waals surface area contributed by atoms with Gasteiger partial charge in [-0.25, -0.2) is 8.78 Å². The molecular weight excluding hydrogens is 274 g/mol. The number of carbonyl (C=O) groups excluding carboxylic acids is 1. The van der Waals surface area contributed by atoms with Gasteiger partial charge in [0.15, 0.2) is 0 Å². The Morgan fingerprint density at radius 1 is 1.14 bits per heavy atom. The molecule has 5 heteroatoms. The number of hydrogen-bond acceptors (Lipinski definition) is 2. The minimum absolute atomic E-state index is 0.213. The molecule has 0 heterocycles. The summed E-state index contributed by atoms with van der Waals surface area (Å²) in [6, 6.07) is 10.7. The van der Waals surface area contributed by atoms with Crippen LogP contribution in [0.4, 0.5) is 8.78 Å². The summed E-state index contributed by atoms with van der Waals surface area (Å²) in [4.78, 5) is 12.1. The molecular formula is C16H16F2N2O. The van der Waals surface area contributed by atoms with Gasteiger partial charge in [0.25, 0.3) is 0 Å². The predicted molar refractivity (Wildman–Crippen MR) is 76.3 cm³/mol. The molecule has 2 rings (SSSR count). The summed E-state index contributed by atoms with van der Waals surface area (Å²) in [5, 5.41) is 2.63. The molecule has 0 saturated carbocycles. The number of carbonyl (C=O) groups is 1. The van der Waals surface area contributed by atoms with Crippen molar-refractivity contribution in [2.75, 3.05) is 0 Å². The highest BCUT2D eigenvalue weighted by Gasteiger charge is 2.19. The Morgan fingerprint density at radius 3 is 2.43 bits per heavy atom. The summed E-state index contributed by atoms with van der Waals surface area (Å²) in [7, 11) is 0. The van der Waals surface area contributed by atoms with Crippen LogP contribution >= 0.6 is 0 Å². The van der Waals surface area contributed by atoms with Crippen molar-refractivity contribution >= 4 is 5.91 Å². The minimum atomic E-state index is -0.836. The van der Waals surface area contributed by atoms with E-state index in [1.807, 2.05) is 6.07 Å². The third kappa shape index (κ3) is 3.64. The van der Waals surface area contributed by atoms with Crippen LogP contribution in [0.5, 0.6) is 0 Å². The smallest absolute Gasteiger partial charge is 0.241 e. The van der Waals surface area contributed by atoms with Gasteiger partial charge in [0.05, 0.1) is 6.04 Å². The Morgan fingerprint density at radius 2 is 1.81 bits per heavy atom. The van der Waals surface area contributed by atoms with Gasteiger partial charge in [-0.05, 0) is 18.6 Å². The first-order chi connectivity index (χ1) is 9.99. The van der Waals surface area contributed by atoms with Crippen LogP contribution in [-0.4, -0.2) is 5.91 Å². The van der Waals surface area contributed by atoms with Crippen LogP contribution in [0.1, 0.15) is 30.1 Å². The monoisotopic (exact) mass is 290 g/mol. The van der Waals surface area contributed by atoms with Gasteiger partial charge in [-0.1, -0.05) is 36.4 Å². The molecule has 3 N–H and O–H groups in total. The summed E-state index contributed by atoms with van der Waals surface area (Å²) in [5.41, 5.74) is 6.74. The number of halogens is 2. The van der Waals surface area contributed by atoms with E-state index in [-0.39, 0.29) is 5.56 Å². The Labute approximate surface area is 121 Å². The zero-order valence-corrected chi connectivity index (χ0v) is 11.5. The number of benzene rings is 2. The molecule has 0 aliphatic carbocycles. The molecule has 110 valence electrons. The molecule has 0 aliphatic heterocycles. The van der Waals surface area contributed by atoms with Gasteiger partial charge in [-0.2, -0.15) is 0 Å². The average molecular weight is 290 g/mol. The number of amides is 1. The van der Waals surface area contributed by atoms with Crippen LogP contribution in [0, 0.1) is 11.6 Å². The third-order valence-electron chi connectivity index (χ3n) is 3.23. The second-order valence-corrected chi connectivity index (χ2v) is 4.78. The maximum absolute atomic E-state index is 13.7. The second-order valence-electron chi connectivity index (χ2n) is 4.78. The first kappa shape index (κ1) is 15.1. The van der Waals surface area contributed by atoms with Crippen molar-refractivity contribution in [1.82, 2.24) is 5.32 Å². The standard InChI is InChI=1S/C16H16F2N2O/c1-10(13-8-7-12(17)9-14(13)18)20-16(21)15(19)11-5-3-2-4-6-11/h2-10,15H,19H2,1H3,(H,20,21). The third-order valence-corrected chi connectivity index (χ3v) is 3.23. The first-order valence-electron chi connectivity index (χ1n) is 6.55. The molecule has 21 heavy (non-hydrogen) atoms. The van der Waals surface area contributed by atoms with Crippen LogP contribution < -0.4 is 11.1 Å². The van der Waals surface area contributed by atoms with Crippen molar-refractivity contribution in [2.45, 2.75) is 19.0 Å². The van der Waals surface area contributed by atoms with Gasteiger partial charge in [0.2, 0.25) is 5.91 Å². The first-order valence-corrected chi connectivity index (χ1v) is 6.55. The van der Waals surface area contributed by atoms with E-state index in [9.17, 15) is 13.6 Å². The molecule has 2 atom stereocenters. The fourth-order valence-electron chi connectivity index (χ4n) is 2.05. The van der Waals surface area contributed by atoms with Gasteiger partial charge in [-0.3, -0.25) is 4.79 Å². The van der Waals surface area contributed by atoms with Crippen LogP contribution in [0.15, 0.2) is 48.5 Å². The SMILES string of the molecule is CC(NC(=O)C(N)c1ccccc1)c1ccc(F)cc1F. The quantitative estimate of drug-likeness (QED) is 0.909. The maximum Gasteiger partial charge on any atom is 0.241 e. The summed E-state index contributed by atoms with van der Waals surface area (Å²) < 4.78 is 26.5. The molecule has 0 saturated heterocycles. The lowest BCUT2D eigenvalue weighted by atomic mass is 10.0. The van der Waals surface area contributed by atoms with E-state index in [4.69, 9.17) is 5.73 Å². The van der Waals surface area contributed by atoms with E-state index >= 15 is 0 Å². The van der Waals surface area contributed by atoms with Crippen molar-refractivity contribution in [3.63, 3.8) is 0 Å². The second kappa shape index (κ2) is 6.45. The van der Waals surface area contributed by atoms with Crippen molar-refractivity contribution in [3.8, 4) is 0 Å². The van der Waals surface area contributed by atoms with Crippen LogP contribution in [0.25, 0.3) is 0 Å². The van der Waals surface area contributed by atoms with Gasteiger partial charge >= 0.3 is 0 Å². The number of hydrogen-bond donors (Lipinski definition) is 2. The topological polar surface area (TPSA) is 55.1 Å². The molecule has 0 aliphatic rings. The minimum Gasteiger partial charge on any atom is -0.348 e. The van der Waals surface area contributed by atoms with Crippen molar-refractivity contribution < 1.29 is 13.6 Å². The van der Waals surface area contributed by atoms with Gasteiger partial charge in [-0.15, -0.1) is 0 Å². The van der Waals surface area contributed by atoms with E-state index in [0.29, 0.717) is 5.56 Å². The lowest BCUT2D eigenvalue weighted by Crippen LogP contribution is -2.36. The van der Waals surface area contributed by atoms with E-state index in [0.717, 1.165) is 12.1 Å². The normalized spacial score (nSPS) is 13.5. The maximum atomic E-state index is 13.7.